The molecule has 0 fully saturated rings. The van der Waals surface area contributed by atoms with E-state index in [4.69, 9.17) is 9.73 Å². The standard InChI is InChI=1S/C22H29N3O/c1-4-5-6-7-8-10-17-13-18(24-16(17)2)14-21-22(26-3)15-20(25-21)19-11-9-12-23-19/h9,11-15,23-24H,4-8,10H2,1-3H3/b21-14+. The number of nitrogens with one attached hydrogen (secondary N) is 2. The van der Waals surface area contributed by atoms with Gasteiger partial charge in [0.25, 0.3) is 0 Å². The highest BCUT2D eigenvalue weighted by atomic mass is 16.5. The van der Waals surface area contributed by atoms with E-state index in [0.717, 1.165) is 35.0 Å². The molecule has 1 aliphatic heterocycles. The summed E-state index contributed by atoms with van der Waals surface area (Å²) in [7, 11) is 1.69. The zero-order valence-electron chi connectivity index (χ0n) is 16.1. The minimum atomic E-state index is 0.794. The SMILES string of the molecule is CCCCCCCc1cc(/C=C2/N=C(c3ccc[nH]3)C=C2OC)[nH]c1C. The van der Waals surface area contributed by atoms with Crippen LogP contribution in [-0.4, -0.2) is 22.8 Å². The van der Waals surface area contributed by atoms with Crippen molar-refractivity contribution in [2.45, 2.75) is 52.4 Å². The van der Waals surface area contributed by atoms with Crippen molar-refractivity contribution in [3.63, 3.8) is 0 Å². The van der Waals surface area contributed by atoms with Gasteiger partial charge in [0, 0.05) is 23.7 Å². The number of unbranched alkanes of at least 4 members (excludes halogenated alkanes) is 4. The van der Waals surface area contributed by atoms with Crippen LogP contribution < -0.4 is 0 Å². The van der Waals surface area contributed by atoms with Crippen LogP contribution in [0.4, 0.5) is 0 Å². The van der Waals surface area contributed by atoms with E-state index < -0.39 is 0 Å². The highest BCUT2D eigenvalue weighted by Crippen LogP contribution is 2.25. The monoisotopic (exact) mass is 351 g/mol. The largest absolute Gasteiger partial charge is 0.494 e. The third kappa shape index (κ3) is 4.37. The van der Waals surface area contributed by atoms with Crippen LogP contribution in [-0.2, 0) is 11.2 Å². The normalized spacial score (nSPS) is 15.4. The number of methoxy groups -OCH3 is 1. The summed E-state index contributed by atoms with van der Waals surface area (Å²) in [4.78, 5) is 11.4. The van der Waals surface area contributed by atoms with Crippen molar-refractivity contribution in [3.8, 4) is 0 Å². The first kappa shape index (κ1) is 18.3. The molecule has 0 aliphatic carbocycles. The molecule has 138 valence electrons. The van der Waals surface area contributed by atoms with Gasteiger partial charge in [-0.05, 0) is 49.6 Å². The number of H-pyrrole nitrogens is 2. The van der Waals surface area contributed by atoms with E-state index in [0.29, 0.717) is 0 Å². The maximum Gasteiger partial charge on any atom is 0.146 e. The van der Waals surface area contributed by atoms with E-state index in [1.165, 1.54) is 43.4 Å². The van der Waals surface area contributed by atoms with Crippen LogP contribution in [0.5, 0.6) is 0 Å². The highest BCUT2D eigenvalue weighted by Gasteiger charge is 2.17. The Morgan fingerprint density at radius 3 is 2.77 bits per heavy atom. The van der Waals surface area contributed by atoms with Crippen molar-refractivity contribution in [2.75, 3.05) is 7.11 Å². The van der Waals surface area contributed by atoms with Gasteiger partial charge in [-0.2, -0.15) is 0 Å². The van der Waals surface area contributed by atoms with Gasteiger partial charge in [-0.15, -0.1) is 0 Å². The number of aliphatic imine (C=N–C) groups is 1. The molecule has 0 unspecified atom stereocenters. The quantitative estimate of drug-likeness (QED) is 0.573. The van der Waals surface area contributed by atoms with Gasteiger partial charge in [-0.1, -0.05) is 32.6 Å². The molecule has 0 bridgehead atoms. The molecule has 0 amide bonds. The molecule has 0 saturated heterocycles. The van der Waals surface area contributed by atoms with E-state index in [1.54, 1.807) is 7.11 Å². The first-order valence-electron chi connectivity index (χ1n) is 9.60. The number of hydrogen-bond acceptors (Lipinski definition) is 2. The molecule has 0 spiro atoms. The van der Waals surface area contributed by atoms with Crippen molar-refractivity contribution in [3.05, 3.63) is 64.6 Å². The minimum Gasteiger partial charge on any atom is -0.494 e. The number of ether oxygens (including phenoxy) is 1. The number of aromatic amines is 2. The fraction of sp³-hybridized carbons (Fsp3) is 0.409. The van der Waals surface area contributed by atoms with Gasteiger partial charge >= 0.3 is 0 Å². The summed E-state index contributed by atoms with van der Waals surface area (Å²) in [6.07, 6.45) is 13.6. The molecule has 1 aliphatic rings. The second-order valence-corrected chi connectivity index (χ2v) is 6.86. The molecule has 4 nitrogen and oxygen atoms in total. The Balaban J connectivity index is 1.71. The first-order valence-corrected chi connectivity index (χ1v) is 9.60. The molecule has 0 atom stereocenters. The van der Waals surface area contributed by atoms with Crippen LogP contribution >= 0.6 is 0 Å². The lowest BCUT2D eigenvalue weighted by Crippen LogP contribution is -1.93. The molecule has 0 radical (unpaired) electrons. The maximum absolute atomic E-state index is 5.51. The van der Waals surface area contributed by atoms with Crippen LogP contribution in [0, 0.1) is 6.92 Å². The van der Waals surface area contributed by atoms with Gasteiger partial charge in [0.15, 0.2) is 0 Å². The average Bonchev–Trinajstić information content (AvgIpc) is 3.35. The molecule has 4 heteroatoms. The van der Waals surface area contributed by atoms with E-state index in [2.05, 4.69) is 36.0 Å². The maximum atomic E-state index is 5.51. The van der Waals surface area contributed by atoms with Crippen LogP contribution in [0.15, 0.2) is 46.9 Å². The third-order valence-electron chi connectivity index (χ3n) is 4.84. The number of aryl methyl sites for hydroxylation is 2. The Morgan fingerprint density at radius 1 is 1.19 bits per heavy atom. The van der Waals surface area contributed by atoms with Gasteiger partial charge < -0.3 is 14.7 Å². The van der Waals surface area contributed by atoms with Crippen LogP contribution in [0.1, 0.15) is 61.7 Å². The molecule has 3 heterocycles. The predicted octanol–water partition coefficient (Wildman–Crippen LogP) is 5.54. The van der Waals surface area contributed by atoms with Gasteiger partial charge in [0.05, 0.1) is 18.5 Å². The number of nitrogens with zero attached hydrogens (tertiary/aromatic N) is 1. The van der Waals surface area contributed by atoms with Crippen molar-refractivity contribution >= 4 is 11.8 Å². The number of aromatic nitrogens is 2. The molecular formula is C22H29N3O. The molecule has 26 heavy (non-hydrogen) atoms. The fourth-order valence-corrected chi connectivity index (χ4v) is 3.34. The van der Waals surface area contributed by atoms with Crippen LogP contribution in [0.2, 0.25) is 0 Å². The molecular weight excluding hydrogens is 322 g/mol. The third-order valence-corrected chi connectivity index (χ3v) is 4.84. The average molecular weight is 351 g/mol. The first-order chi connectivity index (χ1) is 12.7. The summed E-state index contributed by atoms with van der Waals surface area (Å²) in [5, 5.41) is 0. The highest BCUT2D eigenvalue weighted by molar-refractivity contribution is 6.11. The Kier molecular flexibility index (Phi) is 6.16. The topological polar surface area (TPSA) is 53.2 Å². The van der Waals surface area contributed by atoms with Gasteiger partial charge in [0.1, 0.15) is 11.5 Å². The molecule has 2 aromatic rings. The van der Waals surface area contributed by atoms with E-state index in [9.17, 15) is 0 Å². The van der Waals surface area contributed by atoms with Crippen LogP contribution in [0.25, 0.3) is 6.08 Å². The van der Waals surface area contributed by atoms with E-state index >= 15 is 0 Å². The van der Waals surface area contributed by atoms with Gasteiger partial charge in [0.2, 0.25) is 0 Å². The number of hydrogen-bond donors (Lipinski definition) is 2. The Labute approximate surface area is 156 Å². The Bertz CT molecular complexity index is 807. The predicted molar refractivity (Wildman–Crippen MR) is 108 cm³/mol. The molecule has 3 rings (SSSR count). The smallest absolute Gasteiger partial charge is 0.146 e. The van der Waals surface area contributed by atoms with Gasteiger partial charge in [-0.25, -0.2) is 4.99 Å². The molecule has 0 saturated carbocycles. The van der Waals surface area contributed by atoms with E-state index in [1.807, 2.05) is 24.4 Å². The van der Waals surface area contributed by atoms with E-state index in [-0.39, 0.29) is 0 Å². The zero-order chi connectivity index (χ0) is 18.4. The van der Waals surface area contributed by atoms with Crippen molar-refractivity contribution in [1.29, 1.82) is 0 Å². The van der Waals surface area contributed by atoms with Gasteiger partial charge in [-0.3, -0.25) is 0 Å². The molecule has 0 aromatic carbocycles. The van der Waals surface area contributed by atoms with Crippen molar-refractivity contribution in [1.82, 2.24) is 9.97 Å². The summed E-state index contributed by atoms with van der Waals surface area (Å²) < 4.78 is 5.51. The van der Waals surface area contributed by atoms with Crippen LogP contribution in [0.3, 0.4) is 0 Å². The second kappa shape index (κ2) is 8.75. The number of rotatable bonds is 9. The summed E-state index contributed by atoms with van der Waals surface area (Å²) in [5.74, 6) is 0.794. The Hall–Kier alpha value is -2.49. The summed E-state index contributed by atoms with van der Waals surface area (Å²) in [5.41, 5.74) is 6.49. The van der Waals surface area contributed by atoms with Crippen molar-refractivity contribution in [2.24, 2.45) is 4.99 Å². The summed E-state index contributed by atoms with van der Waals surface area (Å²) in [6.45, 7) is 4.41. The second-order valence-electron chi connectivity index (χ2n) is 6.86. The van der Waals surface area contributed by atoms with Crippen molar-refractivity contribution < 1.29 is 4.74 Å². The lowest BCUT2D eigenvalue weighted by molar-refractivity contribution is 0.303. The lowest BCUT2D eigenvalue weighted by atomic mass is 10.1. The number of allylic oxidation sites excluding steroid dienone is 1. The summed E-state index contributed by atoms with van der Waals surface area (Å²) >= 11 is 0. The lowest BCUT2D eigenvalue weighted by Gasteiger charge is -2.00. The molecule has 2 aromatic heterocycles. The summed E-state index contributed by atoms with van der Waals surface area (Å²) in [6, 6.07) is 6.24. The Morgan fingerprint density at radius 2 is 2.04 bits per heavy atom. The molecule has 2 N–H and O–H groups in total. The fourth-order valence-electron chi connectivity index (χ4n) is 3.34. The zero-order valence-corrected chi connectivity index (χ0v) is 16.1. The minimum absolute atomic E-state index is 0.794.